The van der Waals surface area contributed by atoms with Gasteiger partial charge < -0.3 is 4.79 Å². The van der Waals surface area contributed by atoms with Crippen LogP contribution in [0.2, 0.25) is 0 Å². The van der Waals surface area contributed by atoms with E-state index in [1.54, 1.807) is 6.07 Å². The Kier molecular flexibility index (Phi) is 5.60. The van der Waals surface area contributed by atoms with Gasteiger partial charge in [-0.1, -0.05) is 13.3 Å². The predicted octanol–water partition coefficient (Wildman–Crippen LogP) is 3.20. The Bertz CT molecular complexity index is 406. The second kappa shape index (κ2) is 6.34. The molecule has 4 heteroatoms. The third-order valence-corrected chi connectivity index (χ3v) is 3.25. The zero-order valence-corrected chi connectivity index (χ0v) is 13.2. The molecule has 0 unspecified atom stereocenters. The molecule has 0 N–H and O–H groups in total. The first-order chi connectivity index (χ1) is 8.00. The molecule has 0 bridgehead atoms. The molecule has 1 aliphatic carbocycles. The van der Waals surface area contributed by atoms with E-state index in [9.17, 15) is 13.6 Å². The first-order valence-corrected chi connectivity index (χ1v) is 5.90. The maximum absolute atomic E-state index is 12.6. The smallest absolute Gasteiger partial charge is 0.249 e. The van der Waals surface area contributed by atoms with Crippen molar-refractivity contribution in [1.29, 1.82) is 0 Å². The Morgan fingerprint density at radius 2 is 2.11 bits per heavy atom. The van der Waals surface area contributed by atoms with Gasteiger partial charge in [-0.05, 0) is 6.42 Å². The Morgan fingerprint density at radius 3 is 2.56 bits per heavy atom. The van der Waals surface area contributed by atoms with Crippen LogP contribution in [0.25, 0.3) is 0 Å². The van der Waals surface area contributed by atoms with Crippen LogP contribution in [0.5, 0.6) is 0 Å². The molecule has 1 nitrogen and oxygen atoms in total. The van der Waals surface area contributed by atoms with E-state index in [0.717, 1.165) is 17.5 Å². The summed E-state index contributed by atoms with van der Waals surface area (Å²) in [5, 5.41) is 0. The Morgan fingerprint density at radius 1 is 1.44 bits per heavy atom. The van der Waals surface area contributed by atoms with Crippen LogP contribution in [-0.2, 0) is 50.3 Å². The van der Waals surface area contributed by atoms with Crippen LogP contribution in [0, 0.1) is 12.0 Å². The van der Waals surface area contributed by atoms with Crippen molar-refractivity contribution in [2.45, 2.75) is 38.5 Å². The third-order valence-electron chi connectivity index (χ3n) is 3.25. The molecule has 1 radical (unpaired) electrons. The number of aryl methyl sites for hydroxylation is 1. The fourth-order valence-electron chi connectivity index (χ4n) is 2.05. The fourth-order valence-corrected chi connectivity index (χ4v) is 2.05. The molecular formula is C14H15F2OY-. The maximum atomic E-state index is 12.6. The monoisotopic (exact) mass is 326 g/mol. The minimum atomic E-state index is -2.61. The maximum Gasteiger partial charge on any atom is 0.249 e. The molecule has 2 rings (SSSR count). The van der Waals surface area contributed by atoms with Gasteiger partial charge in [0, 0.05) is 51.5 Å². The minimum Gasteiger partial charge on any atom is -0.300 e. The number of benzene rings is 1. The van der Waals surface area contributed by atoms with Gasteiger partial charge in [-0.15, -0.1) is 5.56 Å². The summed E-state index contributed by atoms with van der Waals surface area (Å²) < 4.78 is 25.3. The fraction of sp³-hybridized carbons (Fsp3) is 0.500. The zero-order chi connectivity index (χ0) is 12.5. The van der Waals surface area contributed by atoms with Crippen LogP contribution in [-0.4, -0.2) is 11.7 Å². The number of ketones is 1. The van der Waals surface area contributed by atoms with Crippen LogP contribution >= 0.6 is 0 Å². The van der Waals surface area contributed by atoms with Gasteiger partial charge >= 0.3 is 0 Å². The summed E-state index contributed by atoms with van der Waals surface area (Å²) >= 11 is 0. The summed E-state index contributed by atoms with van der Waals surface area (Å²) in [5.74, 6) is -3.14. The summed E-state index contributed by atoms with van der Waals surface area (Å²) in [6.07, 6.45) is 0.607. The van der Waals surface area contributed by atoms with Crippen molar-refractivity contribution in [3.63, 3.8) is 0 Å². The van der Waals surface area contributed by atoms with Crippen molar-refractivity contribution < 1.29 is 46.3 Å². The van der Waals surface area contributed by atoms with Crippen molar-refractivity contribution in [3.05, 3.63) is 35.4 Å². The summed E-state index contributed by atoms with van der Waals surface area (Å²) in [4.78, 5) is 11.7. The largest absolute Gasteiger partial charge is 0.300 e. The van der Waals surface area contributed by atoms with E-state index < -0.39 is 11.8 Å². The standard InChI is InChI=1S/C14H15F2O.Y/c1-2-10-3-5-11(6-4-10)7-13(17)12-8-14(15,16)9-12;/h3,5-6,12H,2,7-9H2,1H3;/q-1;. The van der Waals surface area contributed by atoms with Crippen LogP contribution in [0.3, 0.4) is 0 Å². The Labute approximate surface area is 131 Å². The molecule has 0 atom stereocenters. The van der Waals surface area contributed by atoms with E-state index in [0.29, 0.717) is 0 Å². The summed E-state index contributed by atoms with van der Waals surface area (Å²) in [6.45, 7) is 2.03. The van der Waals surface area contributed by atoms with E-state index in [4.69, 9.17) is 0 Å². The number of hydrogen-bond acceptors (Lipinski definition) is 1. The van der Waals surface area contributed by atoms with Gasteiger partial charge in [-0.2, -0.15) is 29.8 Å². The molecule has 1 aliphatic rings. The number of halogens is 2. The van der Waals surface area contributed by atoms with Gasteiger partial charge in [-0.3, -0.25) is 0 Å². The van der Waals surface area contributed by atoms with E-state index in [1.807, 2.05) is 19.1 Å². The zero-order valence-electron chi connectivity index (χ0n) is 10.4. The summed E-state index contributed by atoms with van der Waals surface area (Å²) in [7, 11) is 0. The van der Waals surface area contributed by atoms with Crippen LogP contribution < -0.4 is 0 Å². The second-order valence-corrected chi connectivity index (χ2v) is 4.68. The normalized spacial score (nSPS) is 17.7. The van der Waals surface area contributed by atoms with E-state index in [2.05, 4.69) is 6.07 Å². The second-order valence-electron chi connectivity index (χ2n) is 4.68. The average Bonchev–Trinajstić information content (AvgIpc) is 2.26. The molecular weight excluding hydrogens is 311 g/mol. The van der Waals surface area contributed by atoms with Gasteiger partial charge in [-0.25, -0.2) is 8.78 Å². The quantitative estimate of drug-likeness (QED) is 0.777. The molecule has 1 fully saturated rings. The van der Waals surface area contributed by atoms with Crippen molar-refractivity contribution >= 4 is 5.78 Å². The number of carbonyl (C=O) groups excluding carboxylic acids is 1. The SMILES string of the molecule is CCc1[c-]cc(CC(=O)C2CC(F)(F)C2)cc1.[Y]. The molecule has 0 spiro atoms. The van der Waals surface area contributed by atoms with E-state index >= 15 is 0 Å². The number of Topliss-reactive ketones (excluding diaryl/α,β-unsaturated/α-hetero) is 1. The summed E-state index contributed by atoms with van der Waals surface area (Å²) in [5.41, 5.74) is 1.96. The van der Waals surface area contributed by atoms with Gasteiger partial charge in [0.05, 0.1) is 0 Å². The van der Waals surface area contributed by atoms with Crippen molar-refractivity contribution in [1.82, 2.24) is 0 Å². The van der Waals surface area contributed by atoms with Gasteiger partial charge in [0.25, 0.3) is 0 Å². The van der Waals surface area contributed by atoms with Gasteiger partial charge in [0.2, 0.25) is 5.92 Å². The first kappa shape index (κ1) is 15.9. The number of carbonyl (C=O) groups is 1. The Balaban J connectivity index is 0.00000162. The average molecular weight is 326 g/mol. The van der Waals surface area contributed by atoms with E-state index in [1.165, 1.54) is 0 Å². The number of rotatable bonds is 4. The molecule has 1 saturated carbocycles. The number of alkyl halides is 2. The molecule has 0 amide bonds. The van der Waals surface area contributed by atoms with Crippen LogP contribution in [0.4, 0.5) is 8.78 Å². The minimum absolute atomic E-state index is 0. The van der Waals surface area contributed by atoms with Crippen molar-refractivity contribution in [2.75, 3.05) is 0 Å². The van der Waals surface area contributed by atoms with E-state index in [-0.39, 0.29) is 57.8 Å². The molecule has 0 saturated heterocycles. The molecule has 1 aromatic rings. The molecule has 0 heterocycles. The number of hydrogen-bond donors (Lipinski definition) is 0. The Hall–Kier alpha value is -0.146. The van der Waals surface area contributed by atoms with Crippen molar-refractivity contribution in [2.24, 2.45) is 5.92 Å². The van der Waals surface area contributed by atoms with Gasteiger partial charge in [0.15, 0.2) is 0 Å². The van der Waals surface area contributed by atoms with Crippen LogP contribution in [0.15, 0.2) is 18.2 Å². The molecule has 1 aromatic carbocycles. The first-order valence-electron chi connectivity index (χ1n) is 5.90. The summed E-state index contributed by atoms with van der Waals surface area (Å²) in [6, 6.07) is 8.68. The topological polar surface area (TPSA) is 17.1 Å². The van der Waals surface area contributed by atoms with Gasteiger partial charge in [0.1, 0.15) is 5.78 Å². The molecule has 0 aromatic heterocycles. The predicted molar refractivity (Wildman–Crippen MR) is 61.0 cm³/mol. The third kappa shape index (κ3) is 3.92. The molecule has 0 aliphatic heterocycles. The van der Waals surface area contributed by atoms with Crippen molar-refractivity contribution in [3.8, 4) is 0 Å². The molecule has 18 heavy (non-hydrogen) atoms. The van der Waals surface area contributed by atoms with Crippen LogP contribution in [0.1, 0.15) is 30.9 Å². The molecule has 95 valence electrons.